The Labute approximate surface area is 138 Å². The van der Waals surface area contributed by atoms with Crippen molar-refractivity contribution in [2.45, 2.75) is 25.5 Å². The van der Waals surface area contributed by atoms with Gasteiger partial charge in [0.25, 0.3) is 0 Å². The van der Waals surface area contributed by atoms with Gasteiger partial charge < -0.3 is 20.7 Å². The number of anilines is 1. The summed E-state index contributed by atoms with van der Waals surface area (Å²) in [6, 6.07) is 5.20. The van der Waals surface area contributed by atoms with Gasteiger partial charge >= 0.3 is 6.61 Å². The van der Waals surface area contributed by atoms with E-state index in [1.54, 1.807) is 0 Å². The van der Waals surface area contributed by atoms with Crippen LogP contribution in [0.15, 0.2) is 24.3 Å². The van der Waals surface area contributed by atoms with E-state index in [9.17, 15) is 18.4 Å². The van der Waals surface area contributed by atoms with Crippen LogP contribution in [0, 0.1) is 0 Å². The lowest BCUT2D eigenvalue weighted by Gasteiger charge is -2.32. The molecule has 1 saturated heterocycles. The molecule has 0 saturated carbocycles. The first kappa shape index (κ1) is 19.1. The monoisotopic (exact) mass is 349 g/mol. The quantitative estimate of drug-likeness (QED) is 0.838. The molecule has 1 aliphatic rings. The maximum absolute atomic E-state index is 12.4. The Hall–Kier alpha value is -1.93. The topological polar surface area (TPSA) is 84.7 Å². The highest BCUT2D eigenvalue weighted by molar-refractivity contribution is 6.00. The van der Waals surface area contributed by atoms with Gasteiger partial charge in [-0.1, -0.05) is 0 Å². The molecule has 0 spiro atoms. The van der Waals surface area contributed by atoms with Crippen LogP contribution in [-0.4, -0.2) is 37.6 Å². The van der Waals surface area contributed by atoms with Crippen LogP contribution in [0.3, 0.4) is 0 Å². The Morgan fingerprint density at radius 3 is 2.61 bits per heavy atom. The number of nitrogens with two attached hydrogens (primary N) is 1. The minimum atomic E-state index is -2.89. The van der Waals surface area contributed by atoms with Crippen molar-refractivity contribution in [3.63, 3.8) is 0 Å². The summed E-state index contributed by atoms with van der Waals surface area (Å²) in [5.41, 5.74) is 5.79. The van der Waals surface area contributed by atoms with E-state index in [0.717, 1.165) is 6.42 Å². The maximum Gasteiger partial charge on any atom is 0.387 e. The lowest BCUT2D eigenvalue weighted by atomic mass is 10.0. The highest BCUT2D eigenvalue weighted by atomic mass is 35.5. The van der Waals surface area contributed by atoms with Gasteiger partial charge in [0.05, 0.1) is 6.54 Å². The third-order valence-corrected chi connectivity index (χ3v) is 3.33. The van der Waals surface area contributed by atoms with Gasteiger partial charge in [0, 0.05) is 12.2 Å². The molecule has 1 unspecified atom stereocenters. The van der Waals surface area contributed by atoms with Crippen LogP contribution in [0.2, 0.25) is 0 Å². The molecule has 0 aliphatic carbocycles. The predicted molar refractivity (Wildman–Crippen MR) is 82.9 cm³/mol. The number of carbonyl (C=O) groups excluding carboxylic acids is 2. The van der Waals surface area contributed by atoms with E-state index in [1.165, 1.54) is 29.2 Å². The van der Waals surface area contributed by atoms with Gasteiger partial charge in [-0.05, 0) is 37.1 Å². The summed E-state index contributed by atoms with van der Waals surface area (Å²) in [5.74, 6) is -0.604. The first-order chi connectivity index (χ1) is 10.5. The van der Waals surface area contributed by atoms with Crippen molar-refractivity contribution in [3.8, 4) is 5.75 Å². The average Bonchev–Trinajstić information content (AvgIpc) is 2.49. The number of nitrogens with one attached hydrogen (secondary N) is 1. The van der Waals surface area contributed by atoms with Gasteiger partial charge in [-0.25, -0.2) is 0 Å². The fraction of sp³-hybridized carbons (Fsp3) is 0.429. The molecule has 2 amide bonds. The molecule has 1 atom stereocenters. The summed E-state index contributed by atoms with van der Waals surface area (Å²) in [6.45, 7) is -2.56. The van der Waals surface area contributed by atoms with E-state index < -0.39 is 12.7 Å². The largest absolute Gasteiger partial charge is 0.435 e. The highest BCUT2D eigenvalue weighted by Gasteiger charge is 2.30. The van der Waals surface area contributed by atoms with Crippen molar-refractivity contribution in [2.75, 3.05) is 18.0 Å². The smallest absolute Gasteiger partial charge is 0.387 e. The molecule has 1 aliphatic heterocycles. The molecule has 23 heavy (non-hydrogen) atoms. The molecule has 0 bridgehead atoms. The Morgan fingerprint density at radius 1 is 1.39 bits per heavy atom. The van der Waals surface area contributed by atoms with E-state index >= 15 is 0 Å². The second-order valence-electron chi connectivity index (χ2n) is 4.83. The van der Waals surface area contributed by atoms with E-state index in [2.05, 4.69) is 10.1 Å². The molecule has 1 fully saturated rings. The molecule has 1 aromatic carbocycles. The maximum atomic E-state index is 12.4. The number of rotatable bonds is 5. The summed E-state index contributed by atoms with van der Waals surface area (Å²) in [7, 11) is 0. The molecular weight excluding hydrogens is 332 g/mol. The van der Waals surface area contributed by atoms with Gasteiger partial charge in [0.15, 0.2) is 0 Å². The molecule has 128 valence electrons. The number of hydrogen-bond acceptors (Lipinski definition) is 4. The number of benzene rings is 1. The average molecular weight is 350 g/mol. The van der Waals surface area contributed by atoms with Crippen molar-refractivity contribution < 1.29 is 23.1 Å². The standard InChI is InChI=1S/C14H17F2N3O3.ClH/c15-14(16)22-10-5-3-9(4-6-10)19-7-1-2-11(13(19)21)18-12(20)8-17;/h3-6,11,14H,1-2,7-8,17H2,(H,18,20);1H. The van der Waals surface area contributed by atoms with E-state index in [-0.39, 0.29) is 36.5 Å². The number of piperidine rings is 1. The molecule has 0 aromatic heterocycles. The van der Waals surface area contributed by atoms with Crippen LogP contribution in [-0.2, 0) is 9.59 Å². The third kappa shape index (κ3) is 5.04. The number of carbonyl (C=O) groups is 2. The molecule has 1 heterocycles. The van der Waals surface area contributed by atoms with Crippen molar-refractivity contribution in [1.82, 2.24) is 5.32 Å². The number of alkyl halides is 2. The Bertz CT molecular complexity index is 543. The minimum absolute atomic E-state index is 0. The second-order valence-corrected chi connectivity index (χ2v) is 4.83. The molecule has 6 nitrogen and oxygen atoms in total. The van der Waals surface area contributed by atoms with Crippen molar-refractivity contribution in [2.24, 2.45) is 5.73 Å². The van der Waals surface area contributed by atoms with Crippen LogP contribution in [0.25, 0.3) is 0 Å². The van der Waals surface area contributed by atoms with E-state index in [4.69, 9.17) is 5.73 Å². The van der Waals surface area contributed by atoms with Gasteiger partial charge in [-0.3, -0.25) is 9.59 Å². The number of hydrogen-bond donors (Lipinski definition) is 2. The van der Waals surface area contributed by atoms with E-state index in [1.807, 2.05) is 0 Å². The molecule has 1 aromatic rings. The first-order valence-corrected chi connectivity index (χ1v) is 6.87. The van der Waals surface area contributed by atoms with Crippen LogP contribution in [0.4, 0.5) is 14.5 Å². The number of amides is 2. The molecular formula is C14H18ClF2N3O3. The fourth-order valence-corrected chi connectivity index (χ4v) is 2.33. The number of nitrogens with zero attached hydrogens (tertiary/aromatic N) is 1. The van der Waals surface area contributed by atoms with Gasteiger partial charge in [0.1, 0.15) is 11.8 Å². The van der Waals surface area contributed by atoms with Gasteiger partial charge in [0.2, 0.25) is 11.8 Å². The zero-order chi connectivity index (χ0) is 16.1. The predicted octanol–water partition coefficient (Wildman–Crippen LogP) is 1.28. The third-order valence-electron chi connectivity index (χ3n) is 3.33. The molecule has 0 radical (unpaired) electrons. The Balaban J connectivity index is 0.00000264. The molecule has 9 heteroatoms. The zero-order valence-corrected chi connectivity index (χ0v) is 13.0. The summed E-state index contributed by atoms with van der Waals surface area (Å²) in [6.07, 6.45) is 1.27. The van der Waals surface area contributed by atoms with Crippen molar-refractivity contribution in [3.05, 3.63) is 24.3 Å². The lowest BCUT2D eigenvalue weighted by molar-refractivity contribution is -0.127. The van der Waals surface area contributed by atoms with E-state index in [0.29, 0.717) is 18.7 Å². The molecule has 2 rings (SSSR count). The second kappa shape index (κ2) is 8.64. The summed E-state index contributed by atoms with van der Waals surface area (Å²) < 4.78 is 28.5. The Kier molecular flexibility index (Phi) is 7.18. The zero-order valence-electron chi connectivity index (χ0n) is 12.2. The summed E-state index contributed by atoms with van der Waals surface area (Å²) in [4.78, 5) is 25.2. The van der Waals surface area contributed by atoms with Crippen LogP contribution < -0.4 is 20.7 Å². The number of ether oxygens (including phenoxy) is 1. The van der Waals surface area contributed by atoms with Crippen molar-refractivity contribution in [1.29, 1.82) is 0 Å². The van der Waals surface area contributed by atoms with Crippen LogP contribution in [0.1, 0.15) is 12.8 Å². The Morgan fingerprint density at radius 2 is 2.04 bits per heavy atom. The SMILES string of the molecule is Cl.NCC(=O)NC1CCCN(c2ccc(OC(F)F)cc2)C1=O. The minimum Gasteiger partial charge on any atom is -0.435 e. The highest BCUT2D eigenvalue weighted by Crippen LogP contribution is 2.24. The van der Waals surface area contributed by atoms with Gasteiger partial charge in [-0.15, -0.1) is 12.4 Å². The lowest BCUT2D eigenvalue weighted by Crippen LogP contribution is -2.53. The summed E-state index contributed by atoms with van der Waals surface area (Å²) in [5, 5.41) is 2.58. The number of halogens is 3. The van der Waals surface area contributed by atoms with Crippen molar-refractivity contribution >= 4 is 29.9 Å². The van der Waals surface area contributed by atoms with Crippen LogP contribution in [0.5, 0.6) is 5.75 Å². The fourth-order valence-electron chi connectivity index (χ4n) is 2.33. The summed E-state index contributed by atoms with van der Waals surface area (Å²) >= 11 is 0. The molecule has 3 N–H and O–H groups in total. The normalized spacial score (nSPS) is 17.7. The van der Waals surface area contributed by atoms with Crippen LogP contribution >= 0.6 is 12.4 Å². The first-order valence-electron chi connectivity index (χ1n) is 6.87. The van der Waals surface area contributed by atoms with Gasteiger partial charge in [-0.2, -0.15) is 8.78 Å².